The summed E-state index contributed by atoms with van der Waals surface area (Å²) >= 11 is 5.98. The van der Waals surface area contributed by atoms with E-state index in [1.165, 1.54) is 12.1 Å². The predicted octanol–water partition coefficient (Wildman–Crippen LogP) is 1.54. The van der Waals surface area contributed by atoms with Crippen molar-refractivity contribution in [1.29, 1.82) is 0 Å². The number of hydrogen-bond donors (Lipinski definition) is 2. The van der Waals surface area contributed by atoms with E-state index in [1.807, 2.05) is 14.0 Å². The minimum absolute atomic E-state index is 0.0650. The molecule has 5 nitrogen and oxygen atoms in total. The van der Waals surface area contributed by atoms with Crippen LogP contribution in [0.3, 0.4) is 0 Å². The van der Waals surface area contributed by atoms with Gasteiger partial charge in [-0.15, -0.1) is 0 Å². The zero-order valence-electron chi connectivity index (χ0n) is 11.6. The van der Waals surface area contributed by atoms with E-state index in [4.69, 9.17) is 17.3 Å². The van der Waals surface area contributed by atoms with Gasteiger partial charge in [-0.1, -0.05) is 18.5 Å². The van der Waals surface area contributed by atoms with E-state index in [9.17, 15) is 8.42 Å². The molecule has 2 atom stereocenters. The van der Waals surface area contributed by atoms with Crippen LogP contribution in [0.4, 0.5) is 5.69 Å². The minimum Gasteiger partial charge on any atom is -0.399 e. The van der Waals surface area contributed by atoms with Gasteiger partial charge in [0.05, 0.1) is 5.02 Å². The first kappa shape index (κ1) is 15.6. The summed E-state index contributed by atoms with van der Waals surface area (Å²) in [6, 6.07) is 4.37. The smallest absolute Gasteiger partial charge is 0.242 e. The molecule has 0 saturated carbocycles. The molecule has 1 aromatic rings. The first-order chi connectivity index (χ1) is 9.29. The number of nitrogens with two attached hydrogens (primary N) is 1. The van der Waals surface area contributed by atoms with Crippen LogP contribution < -0.4 is 10.5 Å². The third-order valence-electron chi connectivity index (χ3n) is 3.66. The third kappa shape index (κ3) is 3.44. The molecule has 1 saturated heterocycles. The Hall–Kier alpha value is -0.820. The van der Waals surface area contributed by atoms with Crippen molar-refractivity contribution in [2.45, 2.75) is 24.3 Å². The standard InChI is InChI=1S/C13H20ClN3O2S/c1-9-8-17(2)6-5-12(9)16-20(18,19)13-4-3-10(15)7-11(13)14/h3-4,7,9,12,16H,5-6,8,15H2,1-2H3. The van der Waals surface area contributed by atoms with Crippen molar-refractivity contribution in [3.05, 3.63) is 23.2 Å². The fourth-order valence-electron chi connectivity index (χ4n) is 2.53. The Morgan fingerprint density at radius 1 is 1.45 bits per heavy atom. The summed E-state index contributed by atoms with van der Waals surface area (Å²) in [5, 5.41) is 0.151. The summed E-state index contributed by atoms with van der Waals surface area (Å²) in [5.74, 6) is 0.260. The fourth-order valence-corrected chi connectivity index (χ4v) is 4.46. The van der Waals surface area contributed by atoms with Crippen LogP contribution in [0.1, 0.15) is 13.3 Å². The topological polar surface area (TPSA) is 75.4 Å². The van der Waals surface area contributed by atoms with Gasteiger partial charge in [-0.2, -0.15) is 0 Å². The van der Waals surface area contributed by atoms with Gasteiger partial charge in [0.1, 0.15) is 4.90 Å². The minimum atomic E-state index is -3.61. The van der Waals surface area contributed by atoms with Crippen LogP contribution in [-0.4, -0.2) is 39.5 Å². The van der Waals surface area contributed by atoms with Crippen molar-refractivity contribution in [1.82, 2.24) is 9.62 Å². The van der Waals surface area contributed by atoms with Gasteiger partial charge in [0.2, 0.25) is 10.0 Å². The molecule has 0 spiro atoms. The highest BCUT2D eigenvalue weighted by Gasteiger charge is 2.29. The van der Waals surface area contributed by atoms with Crippen molar-refractivity contribution in [2.24, 2.45) is 5.92 Å². The van der Waals surface area contributed by atoms with E-state index < -0.39 is 10.0 Å². The molecule has 0 aromatic heterocycles. The molecule has 1 heterocycles. The molecule has 20 heavy (non-hydrogen) atoms. The molecule has 3 N–H and O–H groups in total. The normalized spacial score (nSPS) is 24.8. The maximum absolute atomic E-state index is 12.4. The number of nitrogens with one attached hydrogen (secondary N) is 1. The second-order valence-corrected chi connectivity index (χ2v) is 7.54. The molecular weight excluding hydrogens is 298 g/mol. The average Bonchev–Trinajstić information content (AvgIpc) is 2.32. The number of nitrogen functional groups attached to an aromatic ring is 1. The first-order valence-corrected chi connectivity index (χ1v) is 8.41. The number of benzene rings is 1. The number of nitrogens with zero attached hydrogens (tertiary/aromatic N) is 1. The number of likely N-dealkylation sites (tertiary alicyclic amines) is 1. The monoisotopic (exact) mass is 317 g/mol. The Balaban J connectivity index is 2.19. The molecule has 7 heteroatoms. The number of halogens is 1. The molecule has 0 bridgehead atoms. The van der Waals surface area contributed by atoms with Crippen LogP contribution in [0.25, 0.3) is 0 Å². The van der Waals surface area contributed by atoms with Gasteiger partial charge in [0, 0.05) is 18.3 Å². The summed E-state index contributed by atoms with van der Waals surface area (Å²) in [6.07, 6.45) is 0.795. The number of piperidine rings is 1. The van der Waals surface area contributed by atoms with E-state index in [0.717, 1.165) is 19.5 Å². The highest BCUT2D eigenvalue weighted by atomic mass is 35.5. The Morgan fingerprint density at radius 2 is 2.15 bits per heavy atom. The van der Waals surface area contributed by atoms with Gasteiger partial charge in [0.25, 0.3) is 0 Å². The number of sulfonamides is 1. The highest BCUT2D eigenvalue weighted by molar-refractivity contribution is 7.89. The van der Waals surface area contributed by atoms with Crippen molar-refractivity contribution in [3.8, 4) is 0 Å². The second-order valence-electron chi connectivity index (χ2n) is 5.45. The van der Waals surface area contributed by atoms with E-state index >= 15 is 0 Å². The maximum Gasteiger partial charge on any atom is 0.242 e. The van der Waals surface area contributed by atoms with Crippen LogP contribution in [-0.2, 0) is 10.0 Å². The Labute approximate surface area is 125 Å². The van der Waals surface area contributed by atoms with Crippen molar-refractivity contribution >= 4 is 27.3 Å². The first-order valence-electron chi connectivity index (χ1n) is 6.55. The molecule has 1 aliphatic heterocycles. The number of rotatable bonds is 3. The van der Waals surface area contributed by atoms with Crippen molar-refractivity contribution in [2.75, 3.05) is 25.9 Å². The fraction of sp³-hybridized carbons (Fsp3) is 0.538. The SMILES string of the molecule is CC1CN(C)CCC1NS(=O)(=O)c1ccc(N)cc1Cl. The van der Waals surface area contributed by atoms with Gasteiger partial charge in [0.15, 0.2) is 0 Å². The predicted molar refractivity (Wildman–Crippen MR) is 81.3 cm³/mol. The van der Waals surface area contributed by atoms with Gasteiger partial charge in [-0.25, -0.2) is 13.1 Å². The lowest BCUT2D eigenvalue weighted by atomic mass is 9.95. The van der Waals surface area contributed by atoms with E-state index in [-0.39, 0.29) is 21.9 Å². The van der Waals surface area contributed by atoms with Gasteiger partial charge >= 0.3 is 0 Å². The van der Waals surface area contributed by atoms with E-state index in [0.29, 0.717) is 5.69 Å². The van der Waals surface area contributed by atoms with E-state index in [1.54, 1.807) is 6.07 Å². The average molecular weight is 318 g/mol. The summed E-state index contributed by atoms with van der Waals surface area (Å²) < 4.78 is 27.6. The molecule has 2 unspecified atom stereocenters. The molecule has 1 aliphatic rings. The molecular formula is C13H20ClN3O2S. The summed E-state index contributed by atoms with van der Waals surface area (Å²) in [7, 11) is -1.57. The van der Waals surface area contributed by atoms with Crippen molar-refractivity contribution in [3.63, 3.8) is 0 Å². The van der Waals surface area contributed by atoms with E-state index in [2.05, 4.69) is 9.62 Å². The maximum atomic E-state index is 12.4. The summed E-state index contributed by atoms with van der Waals surface area (Å²) in [5.41, 5.74) is 6.03. The van der Waals surface area contributed by atoms with Crippen molar-refractivity contribution < 1.29 is 8.42 Å². The molecule has 0 amide bonds. The second kappa shape index (κ2) is 5.89. The lowest BCUT2D eigenvalue weighted by Crippen LogP contribution is -2.48. The Bertz CT molecular complexity index is 591. The zero-order chi connectivity index (χ0) is 14.9. The molecule has 1 aromatic carbocycles. The van der Waals surface area contributed by atoms with Gasteiger partial charge < -0.3 is 10.6 Å². The molecule has 0 aliphatic carbocycles. The number of anilines is 1. The largest absolute Gasteiger partial charge is 0.399 e. The zero-order valence-corrected chi connectivity index (χ0v) is 13.2. The lowest BCUT2D eigenvalue weighted by Gasteiger charge is -2.35. The van der Waals surface area contributed by atoms with Crippen LogP contribution in [0, 0.1) is 5.92 Å². The van der Waals surface area contributed by atoms with Crippen LogP contribution in [0.2, 0.25) is 5.02 Å². The molecule has 0 radical (unpaired) electrons. The summed E-state index contributed by atoms with van der Waals surface area (Å²) in [6.45, 7) is 3.81. The Kier molecular flexibility index (Phi) is 4.59. The van der Waals surface area contributed by atoms with Crippen LogP contribution in [0.15, 0.2) is 23.1 Å². The molecule has 2 rings (SSSR count). The lowest BCUT2D eigenvalue weighted by molar-refractivity contribution is 0.188. The third-order valence-corrected chi connectivity index (χ3v) is 5.63. The van der Waals surface area contributed by atoms with Gasteiger partial charge in [-0.3, -0.25) is 0 Å². The molecule has 1 fully saturated rings. The van der Waals surface area contributed by atoms with Crippen LogP contribution >= 0.6 is 11.6 Å². The molecule has 112 valence electrons. The summed E-state index contributed by atoms with van der Waals surface area (Å²) in [4.78, 5) is 2.28. The quantitative estimate of drug-likeness (QED) is 0.829. The highest BCUT2D eigenvalue weighted by Crippen LogP contribution is 2.25. The van der Waals surface area contributed by atoms with Crippen LogP contribution in [0.5, 0.6) is 0 Å². The van der Waals surface area contributed by atoms with Gasteiger partial charge in [-0.05, 0) is 44.1 Å². The number of hydrogen-bond acceptors (Lipinski definition) is 4. The Morgan fingerprint density at radius 3 is 2.75 bits per heavy atom.